The van der Waals surface area contributed by atoms with Gasteiger partial charge in [-0.15, -0.1) is 5.06 Å². The molecule has 27 heavy (non-hydrogen) atoms. The summed E-state index contributed by atoms with van der Waals surface area (Å²) in [6, 6.07) is 2.25. The quantitative estimate of drug-likeness (QED) is 0.792. The third-order valence-corrected chi connectivity index (χ3v) is 4.34. The lowest BCUT2D eigenvalue weighted by Crippen LogP contribution is -2.33. The number of rotatable bonds is 5. The molecule has 3 rings (SSSR count). The monoisotopic (exact) mass is 388 g/mol. The van der Waals surface area contributed by atoms with Crippen molar-refractivity contribution in [1.29, 1.82) is 0 Å². The van der Waals surface area contributed by atoms with Gasteiger partial charge < -0.3 is 10.6 Å². The van der Waals surface area contributed by atoms with E-state index in [0.29, 0.717) is 24.8 Å². The van der Waals surface area contributed by atoms with Crippen molar-refractivity contribution in [3.8, 4) is 0 Å². The molecule has 1 saturated heterocycles. The Morgan fingerprint density at radius 3 is 2.74 bits per heavy atom. The summed E-state index contributed by atoms with van der Waals surface area (Å²) in [6.45, 7) is 0.800. The number of hydroxylamine groups is 2. The first kappa shape index (κ1) is 19.1. The van der Waals surface area contributed by atoms with E-state index in [9.17, 15) is 27.2 Å². The summed E-state index contributed by atoms with van der Waals surface area (Å²) in [5.41, 5.74) is 5.50. The smallest absolute Gasteiger partial charge is 0.366 e. The normalized spacial score (nSPS) is 18.1. The van der Waals surface area contributed by atoms with Gasteiger partial charge in [0.1, 0.15) is 11.3 Å². The minimum Gasteiger partial charge on any atom is -0.366 e. The second-order valence-corrected chi connectivity index (χ2v) is 6.36. The third-order valence-electron chi connectivity index (χ3n) is 4.34. The van der Waals surface area contributed by atoms with Crippen LogP contribution < -0.4 is 5.73 Å². The van der Waals surface area contributed by atoms with Crippen molar-refractivity contribution in [1.82, 2.24) is 14.8 Å². The highest BCUT2D eigenvalue weighted by molar-refractivity contribution is 6.04. The molecule has 0 aliphatic carbocycles. The average Bonchev–Trinajstić information content (AvgIpc) is 3.17. The van der Waals surface area contributed by atoms with Crippen LogP contribution >= 0.6 is 0 Å². The largest absolute Gasteiger partial charge is 0.492 e. The van der Waals surface area contributed by atoms with Crippen LogP contribution in [0, 0.1) is 11.7 Å². The first-order valence-corrected chi connectivity index (χ1v) is 8.14. The molecule has 1 fully saturated rings. The van der Waals surface area contributed by atoms with Crippen LogP contribution in [0.2, 0.25) is 0 Å². The molecule has 1 amide bonds. The van der Waals surface area contributed by atoms with Gasteiger partial charge in [-0.3, -0.25) is 9.48 Å². The van der Waals surface area contributed by atoms with E-state index in [-0.39, 0.29) is 30.1 Å². The molecule has 2 aromatic rings. The maximum absolute atomic E-state index is 13.6. The van der Waals surface area contributed by atoms with Gasteiger partial charge in [-0.05, 0) is 30.9 Å². The van der Waals surface area contributed by atoms with Gasteiger partial charge in [0.25, 0.3) is 5.91 Å². The number of halogens is 4. The number of carbonyl (C=O) groups excluding carboxylic acids is 2. The number of aromatic nitrogens is 2. The molecule has 1 aromatic carbocycles. The zero-order valence-electron chi connectivity index (χ0n) is 14.0. The minimum absolute atomic E-state index is 0.00527. The summed E-state index contributed by atoms with van der Waals surface area (Å²) in [5.74, 6) is -3.62. The van der Waals surface area contributed by atoms with Crippen LogP contribution in [0.5, 0.6) is 0 Å². The Hall–Kier alpha value is -2.69. The van der Waals surface area contributed by atoms with Gasteiger partial charge >= 0.3 is 12.1 Å². The zero-order chi connectivity index (χ0) is 19.8. The van der Waals surface area contributed by atoms with E-state index < -0.39 is 23.9 Å². The predicted octanol–water partition coefficient (Wildman–Crippen LogP) is 2.01. The Morgan fingerprint density at radius 1 is 1.33 bits per heavy atom. The van der Waals surface area contributed by atoms with E-state index in [4.69, 9.17) is 5.73 Å². The van der Waals surface area contributed by atoms with Crippen LogP contribution in [-0.2, 0) is 16.2 Å². The molecular formula is C16H16F4N4O3. The molecule has 7 nitrogen and oxygen atoms in total. The second-order valence-electron chi connectivity index (χ2n) is 6.36. The highest BCUT2D eigenvalue weighted by atomic mass is 19.4. The van der Waals surface area contributed by atoms with Crippen LogP contribution in [0.15, 0.2) is 18.3 Å². The van der Waals surface area contributed by atoms with E-state index in [0.717, 1.165) is 11.1 Å². The Kier molecular flexibility index (Phi) is 5.05. The number of amides is 1. The van der Waals surface area contributed by atoms with E-state index in [1.165, 1.54) is 10.7 Å². The lowest BCUT2D eigenvalue weighted by molar-refractivity contribution is -0.235. The van der Waals surface area contributed by atoms with E-state index in [2.05, 4.69) is 9.94 Å². The Balaban J connectivity index is 1.60. The van der Waals surface area contributed by atoms with E-state index in [1.807, 2.05) is 0 Å². The molecule has 1 aliphatic rings. The topological polar surface area (TPSA) is 90.5 Å². The second kappa shape index (κ2) is 7.14. The maximum Gasteiger partial charge on any atom is 0.492 e. The number of carbonyl (C=O) groups is 2. The molecule has 2 N–H and O–H groups in total. The minimum atomic E-state index is -5.03. The van der Waals surface area contributed by atoms with Crippen LogP contribution in [0.25, 0.3) is 10.9 Å². The number of aryl methyl sites for hydroxylation is 1. The molecular weight excluding hydrogens is 372 g/mol. The number of primary amides is 1. The van der Waals surface area contributed by atoms with Gasteiger partial charge in [-0.25, -0.2) is 9.18 Å². The van der Waals surface area contributed by atoms with Crippen LogP contribution in [-0.4, -0.2) is 46.0 Å². The lowest BCUT2D eigenvalue weighted by Gasteiger charge is -2.16. The van der Waals surface area contributed by atoms with Crippen molar-refractivity contribution in [2.24, 2.45) is 11.7 Å². The summed E-state index contributed by atoms with van der Waals surface area (Å²) >= 11 is 0. The molecule has 1 aliphatic heterocycles. The average molecular weight is 388 g/mol. The van der Waals surface area contributed by atoms with Crippen molar-refractivity contribution in [3.63, 3.8) is 0 Å². The van der Waals surface area contributed by atoms with Gasteiger partial charge in [0, 0.05) is 31.2 Å². The fourth-order valence-electron chi connectivity index (χ4n) is 3.05. The SMILES string of the molecule is NC(=O)c1cc(F)cc2cn(CCC3CCN(OC(=O)C(F)(F)F)C3)nc12. The number of benzene rings is 1. The van der Waals surface area contributed by atoms with E-state index in [1.54, 1.807) is 6.20 Å². The first-order chi connectivity index (χ1) is 12.6. The van der Waals surface area contributed by atoms with Gasteiger partial charge in [-0.2, -0.15) is 18.3 Å². The standard InChI is InChI=1S/C16H16F4N4O3/c17-11-5-10-8-23(22-13(10)12(6-11)14(21)25)3-1-9-2-4-24(7-9)27-15(26)16(18,19)20/h5-6,8-9H,1-4,7H2,(H2,21,25). The van der Waals surface area contributed by atoms with Crippen molar-refractivity contribution < 1.29 is 32.0 Å². The summed E-state index contributed by atoms with van der Waals surface area (Å²) < 4.78 is 51.7. The van der Waals surface area contributed by atoms with Crippen LogP contribution in [0.3, 0.4) is 0 Å². The van der Waals surface area contributed by atoms with Gasteiger partial charge in [0.05, 0.1) is 5.56 Å². The Morgan fingerprint density at radius 2 is 2.07 bits per heavy atom. The van der Waals surface area contributed by atoms with Gasteiger partial charge in [0.2, 0.25) is 0 Å². The summed E-state index contributed by atoms with van der Waals surface area (Å²) in [7, 11) is 0. The van der Waals surface area contributed by atoms with Gasteiger partial charge in [-0.1, -0.05) is 0 Å². The van der Waals surface area contributed by atoms with Crippen LogP contribution in [0.1, 0.15) is 23.2 Å². The summed E-state index contributed by atoms with van der Waals surface area (Å²) in [6.07, 6.45) is -2.34. The fraction of sp³-hybridized carbons (Fsp3) is 0.438. The van der Waals surface area contributed by atoms with E-state index >= 15 is 0 Å². The van der Waals surface area contributed by atoms with Crippen molar-refractivity contribution >= 4 is 22.8 Å². The molecule has 0 saturated carbocycles. The Bertz CT molecular complexity index is 880. The third kappa shape index (κ3) is 4.35. The molecule has 2 heterocycles. The molecule has 146 valence electrons. The molecule has 0 spiro atoms. The Labute approximate surface area is 150 Å². The molecule has 0 radical (unpaired) electrons. The molecule has 1 atom stereocenters. The fourth-order valence-corrected chi connectivity index (χ4v) is 3.05. The number of nitrogens with two attached hydrogens (primary N) is 1. The number of hydrogen-bond acceptors (Lipinski definition) is 5. The molecule has 0 bridgehead atoms. The number of hydrogen-bond donors (Lipinski definition) is 1. The number of nitrogens with zero attached hydrogens (tertiary/aromatic N) is 3. The number of alkyl halides is 3. The van der Waals surface area contributed by atoms with Crippen molar-refractivity contribution in [2.45, 2.75) is 25.6 Å². The zero-order valence-corrected chi connectivity index (χ0v) is 14.0. The van der Waals surface area contributed by atoms with Crippen molar-refractivity contribution in [3.05, 3.63) is 29.7 Å². The highest BCUT2D eigenvalue weighted by Crippen LogP contribution is 2.24. The maximum atomic E-state index is 13.6. The molecule has 11 heteroatoms. The summed E-state index contributed by atoms with van der Waals surface area (Å²) in [5, 5.41) is 5.66. The summed E-state index contributed by atoms with van der Waals surface area (Å²) in [4.78, 5) is 26.6. The van der Waals surface area contributed by atoms with Gasteiger partial charge in [0.15, 0.2) is 0 Å². The molecule has 1 aromatic heterocycles. The van der Waals surface area contributed by atoms with Crippen LogP contribution in [0.4, 0.5) is 17.6 Å². The predicted molar refractivity (Wildman–Crippen MR) is 84.7 cm³/mol. The highest BCUT2D eigenvalue weighted by Gasteiger charge is 2.43. The van der Waals surface area contributed by atoms with Crippen molar-refractivity contribution in [2.75, 3.05) is 13.1 Å². The number of fused-ring (bicyclic) bond motifs is 1. The lowest BCUT2D eigenvalue weighted by atomic mass is 10.1. The first-order valence-electron chi connectivity index (χ1n) is 8.14. The molecule has 1 unspecified atom stereocenters.